The molecule has 136 valence electrons. The van der Waals surface area contributed by atoms with Crippen molar-refractivity contribution in [3.63, 3.8) is 0 Å². The zero-order valence-corrected chi connectivity index (χ0v) is 14.6. The maximum atomic E-state index is 12.1. The summed E-state index contributed by atoms with van der Waals surface area (Å²) in [5.41, 5.74) is 1.18. The molecule has 1 aromatic carbocycles. The van der Waals surface area contributed by atoms with Crippen LogP contribution in [0.2, 0.25) is 0 Å². The number of likely N-dealkylation sites (tertiary alicyclic amines) is 1. The lowest BCUT2D eigenvalue weighted by molar-refractivity contribution is -0.910. The SMILES string of the molecule is CNC(=O)CNC(=O)C[NH+]1CCC[C@@H]1c1ccc2c(c1)OCCCO2. The van der Waals surface area contributed by atoms with Crippen molar-refractivity contribution in [1.29, 1.82) is 0 Å². The minimum atomic E-state index is -0.191. The fourth-order valence-corrected chi connectivity index (χ4v) is 3.46. The van der Waals surface area contributed by atoms with Crippen molar-refractivity contribution in [1.82, 2.24) is 10.6 Å². The number of carbonyl (C=O) groups excluding carboxylic acids is 2. The molecule has 1 saturated heterocycles. The van der Waals surface area contributed by atoms with Gasteiger partial charge in [-0.05, 0) is 18.2 Å². The molecule has 3 rings (SSSR count). The number of likely N-dealkylation sites (N-methyl/N-ethyl adjacent to an activating group) is 1. The predicted octanol–water partition coefficient (Wildman–Crippen LogP) is -0.570. The van der Waals surface area contributed by atoms with Gasteiger partial charge >= 0.3 is 0 Å². The number of nitrogens with one attached hydrogen (secondary N) is 3. The number of hydrogen-bond acceptors (Lipinski definition) is 4. The molecule has 25 heavy (non-hydrogen) atoms. The van der Waals surface area contributed by atoms with Gasteiger partial charge in [-0.25, -0.2) is 0 Å². The molecule has 2 amide bonds. The summed E-state index contributed by atoms with van der Waals surface area (Å²) in [5, 5.41) is 5.17. The first-order valence-electron chi connectivity index (χ1n) is 8.89. The van der Waals surface area contributed by atoms with Crippen LogP contribution in [0.15, 0.2) is 18.2 Å². The van der Waals surface area contributed by atoms with Crippen LogP contribution in [0.4, 0.5) is 0 Å². The van der Waals surface area contributed by atoms with E-state index >= 15 is 0 Å². The van der Waals surface area contributed by atoms with Crippen LogP contribution in [-0.2, 0) is 9.59 Å². The molecule has 1 aromatic rings. The molecular weight excluding hydrogens is 322 g/mol. The molecule has 2 aliphatic heterocycles. The molecule has 0 bridgehead atoms. The summed E-state index contributed by atoms with van der Waals surface area (Å²) in [5.74, 6) is 1.30. The van der Waals surface area contributed by atoms with Crippen LogP contribution in [0, 0.1) is 0 Å². The monoisotopic (exact) mass is 348 g/mol. The quantitative estimate of drug-likeness (QED) is 0.666. The summed E-state index contributed by atoms with van der Waals surface area (Å²) in [4.78, 5) is 24.6. The number of ether oxygens (including phenoxy) is 2. The lowest BCUT2D eigenvalue weighted by Crippen LogP contribution is -3.11. The van der Waals surface area contributed by atoms with Crippen LogP contribution in [0.25, 0.3) is 0 Å². The van der Waals surface area contributed by atoms with Crippen LogP contribution in [0.1, 0.15) is 30.9 Å². The molecule has 0 saturated carbocycles. The highest BCUT2D eigenvalue weighted by Crippen LogP contribution is 2.33. The maximum Gasteiger partial charge on any atom is 0.275 e. The summed E-state index contributed by atoms with van der Waals surface area (Å²) in [6.45, 7) is 2.69. The average molecular weight is 348 g/mol. The van der Waals surface area contributed by atoms with E-state index in [9.17, 15) is 9.59 Å². The molecule has 2 atom stereocenters. The van der Waals surface area contributed by atoms with Gasteiger partial charge in [0.1, 0.15) is 6.04 Å². The van der Waals surface area contributed by atoms with Crippen molar-refractivity contribution in [3.05, 3.63) is 23.8 Å². The molecule has 3 N–H and O–H groups in total. The molecule has 7 heteroatoms. The molecular formula is C18H26N3O4+. The van der Waals surface area contributed by atoms with Crippen molar-refractivity contribution in [2.24, 2.45) is 0 Å². The third-order valence-electron chi connectivity index (χ3n) is 4.77. The normalized spacial score (nSPS) is 22.1. The Labute approximate surface area is 147 Å². The second-order valence-electron chi connectivity index (χ2n) is 6.49. The smallest absolute Gasteiger partial charge is 0.275 e. The van der Waals surface area contributed by atoms with E-state index in [4.69, 9.17) is 9.47 Å². The van der Waals surface area contributed by atoms with Gasteiger partial charge in [0.25, 0.3) is 5.91 Å². The van der Waals surface area contributed by atoms with Gasteiger partial charge in [0.05, 0.1) is 26.3 Å². The Bertz CT molecular complexity index is 635. The van der Waals surface area contributed by atoms with Gasteiger partial charge in [0.2, 0.25) is 5.91 Å². The number of rotatable bonds is 5. The Morgan fingerprint density at radius 3 is 2.76 bits per heavy atom. The Morgan fingerprint density at radius 1 is 1.16 bits per heavy atom. The second kappa shape index (κ2) is 8.20. The molecule has 1 unspecified atom stereocenters. The van der Waals surface area contributed by atoms with E-state index in [1.54, 1.807) is 7.05 Å². The number of carbonyl (C=O) groups is 2. The van der Waals surface area contributed by atoms with Gasteiger partial charge in [-0.1, -0.05) is 0 Å². The van der Waals surface area contributed by atoms with E-state index in [0.717, 1.165) is 37.3 Å². The third-order valence-corrected chi connectivity index (χ3v) is 4.77. The summed E-state index contributed by atoms with van der Waals surface area (Å²) < 4.78 is 11.5. The Kier molecular flexibility index (Phi) is 5.75. The second-order valence-corrected chi connectivity index (χ2v) is 6.49. The van der Waals surface area contributed by atoms with E-state index in [0.29, 0.717) is 19.8 Å². The van der Waals surface area contributed by atoms with Crippen molar-refractivity contribution < 1.29 is 24.0 Å². The number of quaternary nitrogens is 1. The molecule has 0 aliphatic carbocycles. The average Bonchev–Trinajstić information content (AvgIpc) is 2.95. The van der Waals surface area contributed by atoms with Crippen molar-refractivity contribution in [2.75, 3.05) is 39.9 Å². The van der Waals surface area contributed by atoms with Gasteiger partial charge in [0, 0.05) is 31.9 Å². The first-order valence-corrected chi connectivity index (χ1v) is 8.89. The molecule has 7 nitrogen and oxygen atoms in total. The largest absolute Gasteiger partial charge is 0.490 e. The Hall–Kier alpha value is -2.28. The topological polar surface area (TPSA) is 81.1 Å². The number of fused-ring (bicyclic) bond motifs is 1. The lowest BCUT2D eigenvalue weighted by Gasteiger charge is -2.22. The summed E-state index contributed by atoms with van der Waals surface area (Å²) >= 11 is 0. The maximum absolute atomic E-state index is 12.1. The summed E-state index contributed by atoms with van der Waals surface area (Å²) in [7, 11) is 1.56. The minimum absolute atomic E-state index is 0.0251. The molecule has 0 aromatic heterocycles. The fourth-order valence-electron chi connectivity index (χ4n) is 3.46. The van der Waals surface area contributed by atoms with Crippen molar-refractivity contribution in [2.45, 2.75) is 25.3 Å². The number of benzene rings is 1. The van der Waals surface area contributed by atoms with Gasteiger partial charge in [-0.3, -0.25) is 9.59 Å². The van der Waals surface area contributed by atoms with Crippen LogP contribution in [-0.4, -0.2) is 51.7 Å². The highest BCUT2D eigenvalue weighted by molar-refractivity contribution is 5.84. The van der Waals surface area contributed by atoms with Gasteiger partial charge in [-0.2, -0.15) is 0 Å². The zero-order chi connectivity index (χ0) is 17.6. The molecule has 1 fully saturated rings. The van der Waals surface area contributed by atoms with E-state index in [2.05, 4.69) is 22.8 Å². The van der Waals surface area contributed by atoms with Gasteiger partial charge < -0.3 is 25.0 Å². The molecule has 2 aliphatic rings. The van der Waals surface area contributed by atoms with E-state index in [-0.39, 0.29) is 24.4 Å². The van der Waals surface area contributed by atoms with Gasteiger partial charge in [0.15, 0.2) is 18.0 Å². The standard InChI is InChI=1S/C18H25N3O4/c1-19-17(22)11-20-18(23)12-21-7-2-4-14(21)13-5-6-15-16(10-13)25-9-3-8-24-15/h5-6,10,14H,2-4,7-9,11-12H2,1H3,(H,19,22)(H,20,23)/p+1/t14-/m1/s1. The molecule has 2 heterocycles. The number of hydrogen-bond donors (Lipinski definition) is 3. The zero-order valence-electron chi connectivity index (χ0n) is 14.6. The summed E-state index contributed by atoms with van der Waals surface area (Å²) in [6.07, 6.45) is 3.01. The van der Waals surface area contributed by atoms with Crippen molar-refractivity contribution >= 4 is 11.8 Å². The summed E-state index contributed by atoms with van der Waals surface area (Å²) in [6, 6.07) is 6.37. The molecule has 0 radical (unpaired) electrons. The first kappa shape index (κ1) is 17.5. The van der Waals surface area contributed by atoms with Crippen LogP contribution in [0.5, 0.6) is 11.5 Å². The lowest BCUT2D eigenvalue weighted by atomic mass is 10.0. The van der Waals surface area contributed by atoms with Crippen LogP contribution < -0.4 is 25.0 Å². The minimum Gasteiger partial charge on any atom is -0.490 e. The van der Waals surface area contributed by atoms with E-state index < -0.39 is 0 Å². The third kappa shape index (κ3) is 4.42. The van der Waals surface area contributed by atoms with Crippen molar-refractivity contribution in [3.8, 4) is 11.5 Å². The molecule has 0 spiro atoms. The Morgan fingerprint density at radius 2 is 1.96 bits per heavy atom. The van der Waals surface area contributed by atoms with E-state index in [1.165, 1.54) is 10.5 Å². The van der Waals surface area contributed by atoms with Gasteiger partial charge in [-0.15, -0.1) is 0 Å². The number of amides is 2. The van der Waals surface area contributed by atoms with Crippen LogP contribution >= 0.6 is 0 Å². The van der Waals surface area contributed by atoms with Crippen LogP contribution in [0.3, 0.4) is 0 Å². The highest BCUT2D eigenvalue weighted by Gasteiger charge is 2.32. The van der Waals surface area contributed by atoms with E-state index in [1.807, 2.05) is 6.07 Å². The highest BCUT2D eigenvalue weighted by atomic mass is 16.5. The first-order chi connectivity index (χ1) is 12.2. The Balaban J connectivity index is 1.64. The predicted molar refractivity (Wildman–Crippen MR) is 91.8 cm³/mol. The fraction of sp³-hybridized carbons (Fsp3) is 0.556.